The summed E-state index contributed by atoms with van der Waals surface area (Å²) in [6.45, 7) is 1.99. The van der Waals surface area contributed by atoms with Crippen molar-refractivity contribution in [3.8, 4) is 11.5 Å². The van der Waals surface area contributed by atoms with Crippen molar-refractivity contribution >= 4 is 39.2 Å². The van der Waals surface area contributed by atoms with E-state index in [1.54, 1.807) is 0 Å². The third-order valence-corrected chi connectivity index (χ3v) is 11.2. The Bertz CT molecular complexity index is 1160. The van der Waals surface area contributed by atoms with E-state index in [-0.39, 0.29) is 0 Å². The van der Waals surface area contributed by atoms with Gasteiger partial charge in [-0.15, -0.1) is 0 Å². The quantitative estimate of drug-likeness (QED) is 0.510. The molecule has 1 spiro atoms. The van der Waals surface area contributed by atoms with Crippen LogP contribution in [0.4, 0.5) is 0 Å². The summed E-state index contributed by atoms with van der Waals surface area (Å²) in [5, 5.41) is 17.9. The summed E-state index contributed by atoms with van der Waals surface area (Å²) in [4.78, 5) is 0. The summed E-state index contributed by atoms with van der Waals surface area (Å²) in [6.07, 6.45) is 0.548. The first kappa shape index (κ1) is 15.4. The van der Waals surface area contributed by atoms with Crippen LogP contribution in [0.15, 0.2) is 72.8 Å². The Kier molecular flexibility index (Phi) is 2.75. The van der Waals surface area contributed by atoms with Crippen LogP contribution in [-0.4, -0.2) is 11.0 Å². The van der Waals surface area contributed by atoms with Crippen molar-refractivity contribution in [3.63, 3.8) is 0 Å². The van der Waals surface area contributed by atoms with Crippen LogP contribution in [0, 0.1) is 0 Å². The molecule has 2 heterocycles. The molecule has 0 bridgehead atoms. The molecule has 6 rings (SSSR count). The van der Waals surface area contributed by atoms with Gasteiger partial charge in [-0.3, -0.25) is 0 Å². The summed E-state index contributed by atoms with van der Waals surface area (Å²) in [7, 11) is -3.79. The molecule has 4 aromatic rings. The zero-order valence-electron chi connectivity index (χ0n) is 14.9. The number of fused-ring (bicyclic) bond motifs is 2. The van der Waals surface area contributed by atoms with E-state index in [1.165, 1.54) is 0 Å². The molecule has 4 heteroatoms. The van der Waals surface area contributed by atoms with E-state index in [4.69, 9.17) is 9.05 Å². The van der Waals surface area contributed by atoms with E-state index >= 15 is 0 Å². The summed E-state index contributed by atoms with van der Waals surface area (Å²) in [5.74, 6) is 0.864. The summed E-state index contributed by atoms with van der Waals surface area (Å²) in [5.41, 5.74) is 0. The molecule has 1 unspecified atom stereocenters. The van der Waals surface area contributed by atoms with Crippen LogP contribution in [-0.2, 0) is 0 Å². The van der Waals surface area contributed by atoms with E-state index in [9.17, 15) is 5.11 Å². The maximum atomic E-state index is 11.6. The first-order valence-electron chi connectivity index (χ1n) is 9.33. The predicted octanol–water partition coefficient (Wildman–Crippen LogP) is 4.84. The molecule has 27 heavy (non-hydrogen) atoms. The topological polar surface area (TPSA) is 38.7 Å². The van der Waals surface area contributed by atoms with Crippen LogP contribution in [0.5, 0.6) is 11.5 Å². The minimum atomic E-state index is -3.79. The summed E-state index contributed by atoms with van der Waals surface area (Å²) < 4.78 is 13.7. The van der Waals surface area contributed by atoms with Gasteiger partial charge in [0.2, 0.25) is 0 Å². The molecular formula is C23H19O3P. The molecule has 0 aliphatic carbocycles. The van der Waals surface area contributed by atoms with E-state index in [1.807, 2.05) is 43.3 Å². The molecule has 0 amide bonds. The first-order chi connectivity index (χ1) is 13.2. The average Bonchev–Trinajstić information content (AvgIpc) is 3.17. The van der Waals surface area contributed by atoms with Crippen molar-refractivity contribution in [1.82, 2.24) is 0 Å². The Labute approximate surface area is 157 Å². The fourth-order valence-corrected chi connectivity index (χ4v) is 10.3. The normalized spacial score (nSPS) is 20.1. The SMILES string of the molecule is CCC(O)P12(Oc3cccc4cccc1c34)Oc1cccc3cccc2c13. The number of rotatable bonds is 2. The predicted molar refractivity (Wildman–Crippen MR) is 112 cm³/mol. The van der Waals surface area contributed by atoms with E-state index in [2.05, 4.69) is 36.4 Å². The van der Waals surface area contributed by atoms with Crippen molar-refractivity contribution in [2.75, 3.05) is 0 Å². The number of hydrogen-bond acceptors (Lipinski definition) is 3. The molecule has 134 valence electrons. The Morgan fingerprint density at radius 3 is 1.63 bits per heavy atom. The van der Waals surface area contributed by atoms with Crippen molar-refractivity contribution in [1.29, 1.82) is 0 Å². The monoisotopic (exact) mass is 374 g/mol. The zero-order valence-corrected chi connectivity index (χ0v) is 15.8. The molecule has 1 atom stereocenters. The number of aliphatic hydroxyl groups is 1. The first-order valence-corrected chi connectivity index (χ1v) is 11.5. The fraction of sp³-hybridized carbons (Fsp3) is 0.130. The second-order valence-corrected chi connectivity index (χ2v) is 11.3. The number of aliphatic hydroxyl groups excluding tert-OH is 1. The van der Waals surface area contributed by atoms with Crippen LogP contribution in [0.1, 0.15) is 13.3 Å². The fourth-order valence-electron chi connectivity index (χ4n) is 4.94. The number of benzene rings is 4. The molecular weight excluding hydrogens is 355 g/mol. The molecule has 1 N–H and O–H groups in total. The van der Waals surface area contributed by atoms with Crippen molar-refractivity contribution in [2.24, 2.45) is 0 Å². The third-order valence-electron chi connectivity index (χ3n) is 6.07. The van der Waals surface area contributed by atoms with Gasteiger partial charge < -0.3 is 0 Å². The van der Waals surface area contributed by atoms with Gasteiger partial charge >= 0.3 is 157 Å². The van der Waals surface area contributed by atoms with Gasteiger partial charge in [-0.2, -0.15) is 0 Å². The standard InChI is InChI=1S/C23H19O3P/c1-2-21(24)27(19-13-5-9-15-7-3-11-17(25-27)22(15)19)20-14-6-10-16-8-4-12-18(26-27)23(16)20/h3-14,21,24H,2H2,1H3. The molecule has 0 aromatic heterocycles. The van der Waals surface area contributed by atoms with Crippen LogP contribution >= 0.6 is 7.06 Å². The van der Waals surface area contributed by atoms with Gasteiger partial charge in [0.05, 0.1) is 0 Å². The molecule has 0 fully saturated rings. The molecule has 0 radical (unpaired) electrons. The molecule has 4 aromatic carbocycles. The van der Waals surface area contributed by atoms with Gasteiger partial charge in [-0.05, 0) is 0 Å². The second kappa shape index (κ2) is 4.81. The molecule has 2 aliphatic rings. The van der Waals surface area contributed by atoms with Gasteiger partial charge in [-0.1, -0.05) is 0 Å². The van der Waals surface area contributed by atoms with Gasteiger partial charge in [-0.25, -0.2) is 0 Å². The van der Waals surface area contributed by atoms with E-state index in [0.717, 1.165) is 43.7 Å². The van der Waals surface area contributed by atoms with Crippen LogP contribution in [0.3, 0.4) is 0 Å². The number of hydrogen-bond donors (Lipinski definition) is 1. The average molecular weight is 374 g/mol. The van der Waals surface area contributed by atoms with Crippen LogP contribution in [0.25, 0.3) is 21.5 Å². The molecule has 0 saturated heterocycles. The Morgan fingerprint density at radius 1 is 0.741 bits per heavy atom. The van der Waals surface area contributed by atoms with Gasteiger partial charge in [0.25, 0.3) is 0 Å². The van der Waals surface area contributed by atoms with E-state index in [0.29, 0.717) is 6.42 Å². The van der Waals surface area contributed by atoms with Crippen LogP contribution < -0.4 is 19.7 Å². The minimum absolute atomic E-state index is 0.548. The van der Waals surface area contributed by atoms with Crippen LogP contribution in [0.2, 0.25) is 0 Å². The zero-order chi connectivity index (χ0) is 18.2. The van der Waals surface area contributed by atoms with Gasteiger partial charge in [0, 0.05) is 0 Å². The summed E-state index contributed by atoms with van der Waals surface area (Å²) >= 11 is 0. The van der Waals surface area contributed by atoms with Crippen molar-refractivity contribution in [2.45, 2.75) is 19.2 Å². The maximum absolute atomic E-state index is 11.6. The third kappa shape index (κ3) is 1.54. The van der Waals surface area contributed by atoms with Crippen molar-refractivity contribution < 1.29 is 14.2 Å². The summed E-state index contributed by atoms with van der Waals surface area (Å²) in [6, 6.07) is 24.6. The Morgan fingerprint density at radius 2 is 1.19 bits per heavy atom. The second-order valence-electron chi connectivity index (χ2n) is 7.35. The Balaban J connectivity index is 1.84. The molecule has 3 nitrogen and oxygen atoms in total. The molecule has 0 saturated carbocycles. The van der Waals surface area contributed by atoms with Crippen molar-refractivity contribution in [3.05, 3.63) is 72.8 Å². The van der Waals surface area contributed by atoms with Gasteiger partial charge in [0.15, 0.2) is 0 Å². The molecule has 2 aliphatic heterocycles. The Hall–Kier alpha value is -2.61. The van der Waals surface area contributed by atoms with E-state index < -0.39 is 12.9 Å². The van der Waals surface area contributed by atoms with Gasteiger partial charge in [0.1, 0.15) is 0 Å².